The van der Waals surface area contributed by atoms with Gasteiger partial charge in [0.2, 0.25) is 0 Å². The van der Waals surface area contributed by atoms with Crippen molar-refractivity contribution in [1.29, 1.82) is 0 Å². The lowest BCUT2D eigenvalue weighted by Crippen LogP contribution is -2.31. The molecule has 0 saturated heterocycles. The SMILES string of the molecule is CC(OC(=O)C1CC1c1ccccc1C(F)(F)F)C(N)=O. The van der Waals surface area contributed by atoms with Crippen molar-refractivity contribution < 1.29 is 27.5 Å². The Bertz CT molecular complexity index is 571. The number of alkyl halides is 3. The molecule has 0 bridgehead atoms. The Balaban J connectivity index is 2.11. The quantitative estimate of drug-likeness (QED) is 0.867. The predicted molar refractivity (Wildman–Crippen MR) is 67.0 cm³/mol. The minimum Gasteiger partial charge on any atom is -0.452 e. The molecule has 4 nitrogen and oxygen atoms in total. The maximum absolute atomic E-state index is 12.9. The number of primary amides is 1. The van der Waals surface area contributed by atoms with Gasteiger partial charge in [0.05, 0.1) is 11.5 Å². The van der Waals surface area contributed by atoms with Crippen molar-refractivity contribution in [2.45, 2.75) is 31.5 Å². The normalized spacial score (nSPS) is 22.5. The monoisotopic (exact) mass is 301 g/mol. The van der Waals surface area contributed by atoms with Crippen LogP contribution < -0.4 is 5.73 Å². The van der Waals surface area contributed by atoms with Gasteiger partial charge in [0, 0.05) is 0 Å². The molecule has 1 aliphatic carbocycles. The fourth-order valence-electron chi connectivity index (χ4n) is 2.20. The van der Waals surface area contributed by atoms with Gasteiger partial charge >= 0.3 is 12.1 Å². The largest absolute Gasteiger partial charge is 0.452 e. The number of nitrogens with two attached hydrogens (primary N) is 1. The highest BCUT2D eigenvalue weighted by atomic mass is 19.4. The van der Waals surface area contributed by atoms with E-state index in [1.54, 1.807) is 0 Å². The van der Waals surface area contributed by atoms with Gasteiger partial charge in [-0.1, -0.05) is 18.2 Å². The number of esters is 1. The second-order valence-electron chi connectivity index (χ2n) is 5.02. The van der Waals surface area contributed by atoms with Gasteiger partial charge in [-0.3, -0.25) is 9.59 Å². The summed E-state index contributed by atoms with van der Waals surface area (Å²) >= 11 is 0. The highest BCUT2D eigenvalue weighted by molar-refractivity contribution is 5.84. The molecule has 3 atom stereocenters. The average Bonchev–Trinajstić information content (AvgIpc) is 3.17. The average molecular weight is 301 g/mol. The zero-order valence-corrected chi connectivity index (χ0v) is 11.2. The highest BCUT2D eigenvalue weighted by Gasteiger charge is 2.49. The van der Waals surface area contributed by atoms with Crippen molar-refractivity contribution in [2.24, 2.45) is 11.7 Å². The standard InChI is InChI=1S/C14H14F3NO3/c1-7(12(18)19)21-13(20)10-6-9(10)8-4-2-3-5-11(8)14(15,16)17/h2-5,7,9-10H,6H2,1H3,(H2,18,19). The van der Waals surface area contributed by atoms with Crippen LogP contribution in [-0.4, -0.2) is 18.0 Å². The molecule has 1 aromatic rings. The van der Waals surface area contributed by atoms with E-state index in [4.69, 9.17) is 10.5 Å². The van der Waals surface area contributed by atoms with Crippen molar-refractivity contribution in [3.05, 3.63) is 35.4 Å². The van der Waals surface area contributed by atoms with E-state index < -0.39 is 41.6 Å². The van der Waals surface area contributed by atoms with Crippen LogP contribution >= 0.6 is 0 Å². The molecule has 21 heavy (non-hydrogen) atoms. The third-order valence-electron chi connectivity index (χ3n) is 3.45. The summed E-state index contributed by atoms with van der Waals surface area (Å²) in [5.74, 6) is -2.68. The fourth-order valence-corrected chi connectivity index (χ4v) is 2.20. The van der Waals surface area contributed by atoms with Gasteiger partial charge in [0.1, 0.15) is 0 Å². The van der Waals surface area contributed by atoms with Gasteiger partial charge in [0.25, 0.3) is 5.91 Å². The summed E-state index contributed by atoms with van der Waals surface area (Å²) in [6.07, 6.45) is -5.28. The van der Waals surface area contributed by atoms with E-state index >= 15 is 0 Å². The number of amides is 1. The number of halogens is 3. The molecule has 1 aromatic carbocycles. The first-order chi connectivity index (χ1) is 9.71. The Morgan fingerprint density at radius 1 is 1.33 bits per heavy atom. The Kier molecular flexibility index (Phi) is 3.93. The zero-order valence-electron chi connectivity index (χ0n) is 11.2. The summed E-state index contributed by atoms with van der Waals surface area (Å²) in [4.78, 5) is 22.6. The molecule has 1 fully saturated rings. The first kappa shape index (κ1) is 15.3. The van der Waals surface area contributed by atoms with E-state index in [9.17, 15) is 22.8 Å². The van der Waals surface area contributed by atoms with Gasteiger partial charge in [0.15, 0.2) is 6.10 Å². The van der Waals surface area contributed by atoms with Gasteiger partial charge < -0.3 is 10.5 Å². The number of rotatable bonds is 4. The number of hydrogen-bond acceptors (Lipinski definition) is 3. The molecular weight excluding hydrogens is 287 g/mol. The predicted octanol–water partition coefficient (Wildman–Crippen LogP) is 2.23. The molecule has 0 aliphatic heterocycles. The number of benzene rings is 1. The van der Waals surface area contributed by atoms with Crippen LogP contribution in [-0.2, 0) is 20.5 Å². The molecule has 1 saturated carbocycles. The van der Waals surface area contributed by atoms with E-state index in [0.29, 0.717) is 0 Å². The number of carbonyl (C=O) groups excluding carboxylic acids is 2. The Labute approximate surface area is 119 Å². The van der Waals surface area contributed by atoms with Gasteiger partial charge in [-0.15, -0.1) is 0 Å². The summed E-state index contributed by atoms with van der Waals surface area (Å²) in [6.45, 7) is 1.32. The van der Waals surface area contributed by atoms with E-state index in [1.165, 1.54) is 25.1 Å². The third-order valence-corrected chi connectivity index (χ3v) is 3.45. The first-order valence-corrected chi connectivity index (χ1v) is 6.37. The lowest BCUT2D eigenvalue weighted by atomic mass is 10.0. The van der Waals surface area contributed by atoms with Crippen LogP contribution in [0, 0.1) is 5.92 Å². The molecule has 3 unspecified atom stereocenters. The van der Waals surface area contributed by atoms with E-state index in [-0.39, 0.29) is 12.0 Å². The number of carbonyl (C=O) groups is 2. The molecule has 1 aliphatic rings. The van der Waals surface area contributed by atoms with Crippen LogP contribution in [0.15, 0.2) is 24.3 Å². The molecule has 114 valence electrons. The molecule has 0 aromatic heterocycles. The zero-order chi connectivity index (χ0) is 15.8. The van der Waals surface area contributed by atoms with Crippen molar-refractivity contribution in [3.63, 3.8) is 0 Å². The van der Waals surface area contributed by atoms with E-state index in [0.717, 1.165) is 6.07 Å². The number of hydrogen-bond donors (Lipinski definition) is 1. The third kappa shape index (κ3) is 3.34. The molecule has 2 N–H and O–H groups in total. The van der Waals surface area contributed by atoms with Crippen LogP contribution in [0.3, 0.4) is 0 Å². The molecule has 7 heteroatoms. The van der Waals surface area contributed by atoms with Crippen LogP contribution in [0.1, 0.15) is 30.4 Å². The Morgan fingerprint density at radius 3 is 2.52 bits per heavy atom. The van der Waals surface area contributed by atoms with Crippen molar-refractivity contribution in [2.75, 3.05) is 0 Å². The van der Waals surface area contributed by atoms with Crippen LogP contribution in [0.2, 0.25) is 0 Å². The highest BCUT2D eigenvalue weighted by Crippen LogP contribution is 2.51. The van der Waals surface area contributed by atoms with E-state index in [2.05, 4.69) is 0 Å². The lowest BCUT2D eigenvalue weighted by molar-refractivity contribution is -0.155. The lowest BCUT2D eigenvalue weighted by Gasteiger charge is -2.13. The van der Waals surface area contributed by atoms with Gasteiger partial charge in [-0.2, -0.15) is 13.2 Å². The summed E-state index contributed by atoms with van der Waals surface area (Å²) < 4.78 is 43.5. The topological polar surface area (TPSA) is 69.4 Å². The smallest absolute Gasteiger partial charge is 0.416 e. The second kappa shape index (κ2) is 5.38. The molecule has 0 heterocycles. The number of ether oxygens (including phenoxy) is 1. The maximum atomic E-state index is 12.9. The first-order valence-electron chi connectivity index (χ1n) is 6.37. The van der Waals surface area contributed by atoms with Crippen molar-refractivity contribution >= 4 is 11.9 Å². The van der Waals surface area contributed by atoms with Crippen LogP contribution in [0.5, 0.6) is 0 Å². The summed E-state index contributed by atoms with van der Waals surface area (Å²) in [7, 11) is 0. The minimum absolute atomic E-state index is 0.0821. The fraction of sp³-hybridized carbons (Fsp3) is 0.429. The van der Waals surface area contributed by atoms with Gasteiger partial charge in [-0.25, -0.2) is 0 Å². The summed E-state index contributed by atoms with van der Waals surface area (Å²) in [6, 6.07) is 5.15. The summed E-state index contributed by atoms with van der Waals surface area (Å²) in [5.41, 5.74) is 4.31. The molecular formula is C14H14F3NO3. The Morgan fingerprint density at radius 2 is 1.95 bits per heavy atom. The molecule has 0 radical (unpaired) electrons. The van der Waals surface area contributed by atoms with Crippen molar-refractivity contribution in [3.8, 4) is 0 Å². The van der Waals surface area contributed by atoms with Crippen LogP contribution in [0.25, 0.3) is 0 Å². The van der Waals surface area contributed by atoms with Gasteiger partial charge in [-0.05, 0) is 30.9 Å². The molecule has 0 spiro atoms. The van der Waals surface area contributed by atoms with Crippen LogP contribution in [0.4, 0.5) is 13.2 Å². The summed E-state index contributed by atoms with van der Waals surface area (Å²) in [5, 5.41) is 0. The second-order valence-corrected chi connectivity index (χ2v) is 5.02. The molecule has 1 amide bonds. The Hall–Kier alpha value is -2.05. The van der Waals surface area contributed by atoms with Crippen molar-refractivity contribution in [1.82, 2.24) is 0 Å². The molecule has 2 rings (SSSR count). The minimum atomic E-state index is -4.46. The van der Waals surface area contributed by atoms with E-state index in [1.807, 2.05) is 0 Å². The maximum Gasteiger partial charge on any atom is 0.416 e.